The van der Waals surface area contributed by atoms with E-state index < -0.39 is 0 Å². The van der Waals surface area contributed by atoms with Crippen molar-refractivity contribution in [2.45, 2.75) is 27.7 Å². The molecule has 12 heavy (non-hydrogen) atoms. The van der Waals surface area contributed by atoms with Gasteiger partial charge < -0.3 is 0 Å². The maximum absolute atomic E-state index is 4.22. The van der Waals surface area contributed by atoms with Crippen molar-refractivity contribution < 1.29 is 0 Å². The normalized spacial score (nSPS) is 30.3. The summed E-state index contributed by atoms with van der Waals surface area (Å²) < 4.78 is 0. The smallest absolute Gasteiger partial charge is 0.0232 e. The second kappa shape index (κ2) is 2.89. The predicted octanol–water partition coefficient (Wildman–Crippen LogP) is 3.19. The number of nitrogens with zero attached hydrogens (tertiary/aromatic N) is 1. The lowest BCUT2D eigenvalue weighted by Crippen LogP contribution is -2.13. The van der Waals surface area contributed by atoms with E-state index in [1.165, 1.54) is 0 Å². The molecule has 1 aliphatic heterocycles. The number of rotatable bonds is 0. The Hall–Kier alpha value is -0.850. The van der Waals surface area contributed by atoms with Gasteiger partial charge in [0.1, 0.15) is 0 Å². The van der Waals surface area contributed by atoms with Gasteiger partial charge in [0.15, 0.2) is 0 Å². The van der Waals surface area contributed by atoms with Crippen molar-refractivity contribution >= 4 is 6.21 Å². The highest BCUT2D eigenvalue weighted by molar-refractivity contribution is 5.68. The van der Waals surface area contributed by atoms with Crippen LogP contribution in [0.3, 0.4) is 0 Å². The zero-order chi connectivity index (χ0) is 9.24. The highest BCUT2D eigenvalue weighted by atomic mass is 14.7. The molecule has 0 saturated carbocycles. The average molecular weight is 163 g/mol. The third kappa shape index (κ3) is 2.65. The first-order valence-corrected chi connectivity index (χ1v) is 4.34. The van der Waals surface area contributed by atoms with E-state index in [9.17, 15) is 0 Å². The molecule has 0 unspecified atom stereocenters. The van der Waals surface area contributed by atoms with Gasteiger partial charge in [0.05, 0.1) is 0 Å². The topological polar surface area (TPSA) is 12.4 Å². The Morgan fingerprint density at radius 1 is 0.833 bits per heavy atom. The van der Waals surface area contributed by atoms with Crippen molar-refractivity contribution in [1.82, 2.24) is 0 Å². The average Bonchev–Trinajstić information content (AvgIpc) is 1.94. The fourth-order valence-electron chi connectivity index (χ4n) is 0.998. The zero-order valence-electron chi connectivity index (χ0n) is 8.33. The van der Waals surface area contributed by atoms with Gasteiger partial charge in [-0.15, -0.1) is 0 Å². The summed E-state index contributed by atoms with van der Waals surface area (Å²) in [5.41, 5.74) is 0.219. The van der Waals surface area contributed by atoms with Crippen LogP contribution in [0.5, 0.6) is 0 Å². The van der Waals surface area contributed by atoms with Gasteiger partial charge >= 0.3 is 0 Å². The van der Waals surface area contributed by atoms with Crippen LogP contribution < -0.4 is 0 Å². The molecular formula is C11H17N. The molecule has 0 aromatic carbocycles. The first-order valence-electron chi connectivity index (χ1n) is 4.34. The molecule has 1 rings (SSSR count). The second-order valence-corrected chi connectivity index (χ2v) is 4.57. The first-order chi connectivity index (χ1) is 5.41. The Morgan fingerprint density at radius 2 is 1.42 bits per heavy atom. The SMILES string of the molecule is CC1(C)C=N/C=C\C(C)(C)/C=C\1. The molecule has 0 spiro atoms. The molecule has 0 aromatic rings. The Kier molecular flexibility index (Phi) is 2.22. The highest BCUT2D eigenvalue weighted by Crippen LogP contribution is 2.25. The predicted molar refractivity (Wildman–Crippen MR) is 54.3 cm³/mol. The summed E-state index contributed by atoms with van der Waals surface area (Å²) in [5.74, 6) is 0. The Bertz CT molecular complexity index is 216. The lowest BCUT2D eigenvalue weighted by molar-refractivity contribution is 0.597. The maximum atomic E-state index is 4.22. The minimum atomic E-state index is 0.0853. The van der Waals surface area contributed by atoms with Gasteiger partial charge in [-0.3, -0.25) is 4.99 Å². The Balaban J connectivity index is 2.97. The quantitative estimate of drug-likeness (QED) is 0.486. The molecule has 1 aliphatic rings. The standard InChI is InChI=1S/C11H17N/c1-10(2)5-6-11(3,4)9-12-8-7-10/h5-9H,1-4H3/b6-5-,8-7-,12-9?. The van der Waals surface area contributed by atoms with Crippen molar-refractivity contribution in [2.24, 2.45) is 15.8 Å². The molecule has 1 heteroatoms. The van der Waals surface area contributed by atoms with Gasteiger partial charge in [0, 0.05) is 23.2 Å². The fourth-order valence-corrected chi connectivity index (χ4v) is 0.998. The van der Waals surface area contributed by atoms with Gasteiger partial charge in [-0.1, -0.05) is 45.9 Å². The monoisotopic (exact) mass is 163 g/mol. The Labute approximate surface area is 74.9 Å². The van der Waals surface area contributed by atoms with Crippen LogP contribution in [-0.2, 0) is 0 Å². The van der Waals surface area contributed by atoms with Crippen molar-refractivity contribution in [3.63, 3.8) is 0 Å². The third-order valence-electron chi connectivity index (χ3n) is 1.94. The van der Waals surface area contributed by atoms with Crippen LogP contribution in [0.25, 0.3) is 0 Å². The number of hydrogen-bond donors (Lipinski definition) is 0. The maximum Gasteiger partial charge on any atom is 0.0232 e. The van der Waals surface area contributed by atoms with E-state index in [0.29, 0.717) is 0 Å². The molecule has 66 valence electrons. The van der Waals surface area contributed by atoms with E-state index in [-0.39, 0.29) is 10.8 Å². The van der Waals surface area contributed by atoms with Gasteiger partial charge in [0.2, 0.25) is 0 Å². The molecule has 0 bridgehead atoms. The molecule has 0 aliphatic carbocycles. The first kappa shape index (κ1) is 9.24. The van der Waals surface area contributed by atoms with Crippen molar-refractivity contribution in [3.8, 4) is 0 Å². The summed E-state index contributed by atoms with van der Waals surface area (Å²) in [6.07, 6.45) is 10.4. The summed E-state index contributed by atoms with van der Waals surface area (Å²) in [6.45, 7) is 8.66. The minimum Gasteiger partial charge on any atom is -0.268 e. The second-order valence-electron chi connectivity index (χ2n) is 4.57. The van der Waals surface area contributed by atoms with E-state index in [4.69, 9.17) is 0 Å². The van der Waals surface area contributed by atoms with E-state index in [0.717, 1.165) is 0 Å². The van der Waals surface area contributed by atoms with Gasteiger partial charge in [-0.25, -0.2) is 0 Å². The van der Waals surface area contributed by atoms with Crippen LogP contribution in [0, 0.1) is 10.8 Å². The van der Waals surface area contributed by atoms with Crippen LogP contribution in [0.15, 0.2) is 29.4 Å². The molecule has 0 fully saturated rings. The van der Waals surface area contributed by atoms with E-state index in [1.54, 1.807) is 0 Å². The molecule has 1 heterocycles. The molecular weight excluding hydrogens is 146 g/mol. The van der Waals surface area contributed by atoms with Gasteiger partial charge in [0.25, 0.3) is 0 Å². The molecule has 0 atom stereocenters. The zero-order valence-corrected chi connectivity index (χ0v) is 8.33. The van der Waals surface area contributed by atoms with Crippen molar-refractivity contribution in [3.05, 3.63) is 24.4 Å². The van der Waals surface area contributed by atoms with Crippen LogP contribution in [0.2, 0.25) is 0 Å². The van der Waals surface area contributed by atoms with Crippen molar-refractivity contribution in [1.29, 1.82) is 0 Å². The minimum absolute atomic E-state index is 0.0853. The van der Waals surface area contributed by atoms with Crippen molar-refractivity contribution in [2.75, 3.05) is 0 Å². The summed E-state index contributed by atoms with van der Waals surface area (Å²) in [5, 5.41) is 0. The van der Waals surface area contributed by atoms with Crippen LogP contribution in [-0.4, -0.2) is 6.21 Å². The summed E-state index contributed by atoms with van der Waals surface area (Å²) in [7, 11) is 0. The van der Waals surface area contributed by atoms with E-state index in [1.807, 2.05) is 12.4 Å². The van der Waals surface area contributed by atoms with Crippen LogP contribution >= 0.6 is 0 Å². The molecule has 0 saturated heterocycles. The molecule has 1 nitrogen and oxygen atoms in total. The summed E-state index contributed by atoms with van der Waals surface area (Å²) in [6, 6.07) is 0. The van der Waals surface area contributed by atoms with Gasteiger partial charge in [-0.2, -0.15) is 0 Å². The van der Waals surface area contributed by atoms with Gasteiger partial charge in [-0.05, 0) is 0 Å². The molecule has 0 aromatic heterocycles. The highest BCUT2D eigenvalue weighted by Gasteiger charge is 2.15. The van der Waals surface area contributed by atoms with E-state index >= 15 is 0 Å². The summed E-state index contributed by atoms with van der Waals surface area (Å²) >= 11 is 0. The molecule has 0 N–H and O–H groups in total. The molecule has 0 radical (unpaired) electrons. The fraction of sp³-hybridized carbons (Fsp3) is 0.545. The summed E-state index contributed by atoms with van der Waals surface area (Å²) in [4.78, 5) is 4.22. The van der Waals surface area contributed by atoms with E-state index in [2.05, 4.69) is 50.9 Å². The Morgan fingerprint density at radius 3 is 2.08 bits per heavy atom. The number of hydrogen-bond acceptors (Lipinski definition) is 1. The molecule has 0 amide bonds. The third-order valence-corrected chi connectivity index (χ3v) is 1.94. The van der Waals surface area contributed by atoms with Crippen LogP contribution in [0.4, 0.5) is 0 Å². The lowest BCUT2D eigenvalue weighted by Gasteiger charge is -2.20. The lowest BCUT2D eigenvalue weighted by atomic mass is 9.86. The number of aliphatic imine (C=N–C) groups is 1. The number of allylic oxidation sites excluding steroid dienone is 3. The van der Waals surface area contributed by atoms with Crippen LogP contribution in [0.1, 0.15) is 27.7 Å². The largest absolute Gasteiger partial charge is 0.268 e.